The van der Waals surface area contributed by atoms with Crippen LogP contribution in [-0.2, 0) is 15.0 Å². The Morgan fingerprint density at radius 2 is 1.38 bits per heavy atom. The summed E-state index contributed by atoms with van der Waals surface area (Å²) in [5, 5.41) is 2.71. The average molecular weight is 551 g/mol. The molecule has 7 heteroatoms. The minimum absolute atomic E-state index is 0.0268. The van der Waals surface area contributed by atoms with Crippen LogP contribution in [0.2, 0.25) is 0 Å². The third kappa shape index (κ3) is 5.26. The number of benzene rings is 4. The summed E-state index contributed by atoms with van der Waals surface area (Å²) in [4.78, 5) is 39.5. The smallest absolute Gasteiger partial charge is 0.343 e. The number of nitrogens with one attached hydrogen (secondary N) is 1. The number of anilines is 2. The van der Waals surface area contributed by atoms with E-state index in [9.17, 15) is 14.4 Å². The summed E-state index contributed by atoms with van der Waals surface area (Å²) in [6.45, 7) is 6.22. The Hall–Kier alpha value is -4.68. The Morgan fingerprint density at radius 1 is 0.775 bits per heavy atom. The topological polar surface area (TPSA) is 75.7 Å². The fourth-order valence-corrected chi connectivity index (χ4v) is 4.71. The third-order valence-corrected chi connectivity index (χ3v) is 7.34. The van der Waals surface area contributed by atoms with E-state index in [1.807, 2.05) is 49.4 Å². The summed E-state index contributed by atoms with van der Waals surface area (Å²) in [6.07, 6.45) is 0. The summed E-state index contributed by atoms with van der Waals surface area (Å²) < 4.78 is 5.57. The molecule has 0 atom stereocenters. The molecule has 0 spiro atoms. The van der Waals surface area contributed by atoms with E-state index in [0.717, 1.165) is 16.0 Å². The molecule has 0 bridgehead atoms. The van der Waals surface area contributed by atoms with Crippen LogP contribution in [0.3, 0.4) is 0 Å². The molecule has 40 heavy (non-hydrogen) atoms. The Labute approximate surface area is 237 Å². The molecule has 4 aromatic rings. The molecule has 1 heterocycles. The van der Waals surface area contributed by atoms with Crippen molar-refractivity contribution in [3.63, 3.8) is 0 Å². The second-order valence-electron chi connectivity index (χ2n) is 10.1. The van der Waals surface area contributed by atoms with Crippen molar-refractivity contribution in [3.8, 4) is 5.75 Å². The summed E-state index contributed by atoms with van der Waals surface area (Å²) in [7, 11) is 0. The SMILES string of the molecule is Cc1ccc(N2C(=O)C(Cl)=C(Nc3ccc(C(=O)Oc4ccc(C(C)(C)c5ccccc5)cc4)cc3)C2=O)cc1. The quantitative estimate of drug-likeness (QED) is 0.153. The van der Waals surface area contributed by atoms with Crippen LogP contribution in [0.15, 0.2) is 114 Å². The van der Waals surface area contributed by atoms with E-state index in [1.165, 1.54) is 5.56 Å². The molecule has 1 N–H and O–H groups in total. The van der Waals surface area contributed by atoms with Gasteiger partial charge in [0.25, 0.3) is 11.8 Å². The Bertz CT molecular complexity index is 1610. The van der Waals surface area contributed by atoms with E-state index in [1.54, 1.807) is 48.5 Å². The third-order valence-electron chi connectivity index (χ3n) is 6.99. The van der Waals surface area contributed by atoms with Crippen molar-refractivity contribution >= 4 is 40.8 Å². The van der Waals surface area contributed by atoms with Gasteiger partial charge in [-0.2, -0.15) is 0 Å². The summed E-state index contributed by atoms with van der Waals surface area (Å²) in [5.74, 6) is -1.24. The number of rotatable bonds is 7. The first-order valence-electron chi connectivity index (χ1n) is 12.8. The second-order valence-corrected chi connectivity index (χ2v) is 10.5. The largest absolute Gasteiger partial charge is 0.423 e. The Morgan fingerprint density at radius 3 is 2.00 bits per heavy atom. The van der Waals surface area contributed by atoms with Gasteiger partial charge in [-0.05, 0) is 66.6 Å². The second kappa shape index (κ2) is 10.8. The van der Waals surface area contributed by atoms with E-state index in [4.69, 9.17) is 16.3 Å². The van der Waals surface area contributed by atoms with Crippen molar-refractivity contribution < 1.29 is 19.1 Å². The highest BCUT2D eigenvalue weighted by molar-refractivity contribution is 6.53. The van der Waals surface area contributed by atoms with Gasteiger partial charge in [-0.3, -0.25) is 9.59 Å². The van der Waals surface area contributed by atoms with Crippen molar-refractivity contribution in [2.45, 2.75) is 26.2 Å². The number of nitrogens with zero attached hydrogens (tertiary/aromatic N) is 1. The molecule has 4 aromatic carbocycles. The first kappa shape index (κ1) is 26.9. The van der Waals surface area contributed by atoms with Crippen LogP contribution >= 0.6 is 11.6 Å². The number of carbonyl (C=O) groups excluding carboxylic acids is 3. The number of ether oxygens (including phenoxy) is 1. The molecule has 1 aliphatic rings. The summed E-state index contributed by atoms with van der Waals surface area (Å²) in [6, 6.07) is 31.1. The molecule has 0 aliphatic carbocycles. The van der Waals surface area contributed by atoms with E-state index < -0.39 is 17.8 Å². The molecule has 0 unspecified atom stereocenters. The van der Waals surface area contributed by atoms with Gasteiger partial charge in [0.05, 0.1) is 11.3 Å². The molecular formula is C33H27ClN2O4. The zero-order valence-electron chi connectivity index (χ0n) is 22.3. The van der Waals surface area contributed by atoms with Crippen LogP contribution in [0.4, 0.5) is 11.4 Å². The maximum Gasteiger partial charge on any atom is 0.343 e. The van der Waals surface area contributed by atoms with Gasteiger partial charge in [0.2, 0.25) is 0 Å². The number of amides is 2. The molecular weight excluding hydrogens is 524 g/mol. The first-order chi connectivity index (χ1) is 19.1. The lowest BCUT2D eigenvalue weighted by Gasteiger charge is -2.26. The van der Waals surface area contributed by atoms with Crippen molar-refractivity contribution in [2.24, 2.45) is 0 Å². The maximum absolute atomic E-state index is 13.0. The highest BCUT2D eigenvalue weighted by Gasteiger charge is 2.39. The van der Waals surface area contributed by atoms with E-state index in [0.29, 0.717) is 22.7 Å². The number of esters is 1. The van der Waals surface area contributed by atoms with Crippen molar-refractivity contribution in [2.75, 3.05) is 10.2 Å². The van der Waals surface area contributed by atoms with Gasteiger partial charge in [-0.15, -0.1) is 0 Å². The molecule has 0 fully saturated rings. The van der Waals surface area contributed by atoms with Crippen molar-refractivity contribution in [3.05, 3.63) is 136 Å². The zero-order chi connectivity index (χ0) is 28.4. The Balaban J connectivity index is 1.24. The van der Waals surface area contributed by atoms with Gasteiger partial charge in [0.1, 0.15) is 16.5 Å². The van der Waals surface area contributed by atoms with Crippen molar-refractivity contribution in [1.82, 2.24) is 0 Å². The monoisotopic (exact) mass is 550 g/mol. The van der Waals surface area contributed by atoms with Crippen LogP contribution in [-0.4, -0.2) is 17.8 Å². The van der Waals surface area contributed by atoms with Crippen LogP contribution in [0, 0.1) is 6.92 Å². The first-order valence-corrected chi connectivity index (χ1v) is 13.1. The molecule has 0 saturated heterocycles. The van der Waals surface area contributed by atoms with Crippen molar-refractivity contribution in [1.29, 1.82) is 0 Å². The maximum atomic E-state index is 13.0. The fourth-order valence-electron chi connectivity index (χ4n) is 4.50. The lowest BCUT2D eigenvalue weighted by molar-refractivity contribution is -0.120. The number of aryl methyl sites for hydroxylation is 1. The molecule has 6 nitrogen and oxygen atoms in total. The number of imide groups is 1. The lowest BCUT2D eigenvalue weighted by atomic mass is 9.78. The highest BCUT2D eigenvalue weighted by Crippen LogP contribution is 2.33. The number of halogens is 1. The van der Waals surface area contributed by atoms with Gasteiger partial charge in [0, 0.05) is 11.1 Å². The van der Waals surface area contributed by atoms with Gasteiger partial charge in [-0.25, -0.2) is 9.69 Å². The average Bonchev–Trinajstić information content (AvgIpc) is 3.17. The van der Waals surface area contributed by atoms with Crippen LogP contribution in [0.1, 0.15) is 40.9 Å². The summed E-state index contributed by atoms with van der Waals surface area (Å²) >= 11 is 6.23. The van der Waals surface area contributed by atoms with Gasteiger partial charge in [0.15, 0.2) is 0 Å². The van der Waals surface area contributed by atoms with E-state index in [2.05, 4.69) is 31.3 Å². The molecule has 1 aliphatic heterocycles. The predicted octanol–water partition coefficient (Wildman–Crippen LogP) is 6.98. The van der Waals surface area contributed by atoms with Gasteiger partial charge in [-0.1, -0.05) is 85.6 Å². The highest BCUT2D eigenvalue weighted by atomic mass is 35.5. The predicted molar refractivity (Wildman–Crippen MR) is 157 cm³/mol. The molecule has 0 aromatic heterocycles. The standard InChI is InChI=1S/C33H27ClN2O4/c1-21-9-17-26(18-10-21)36-30(37)28(34)29(31(36)38)35-25-15-11-22(12-16-25)32(39)40-27-19-13-24(14-20-27)33(2,3)23-7-5-4-6-8-23/h4-20,35H,1-3H3. The molecule has 2 amide bonds. The molecule has 0 radical (unpaired) electrons. The van der Waals surface area contributed by atoms with Crippen LogP contribution in [0.5, 0.6) is 5.75 Å². The minimum Gasteiger partial charge on any atom is -0.423 e. The molecule has 0 saturated carbocycles. The fraction of sp³-hybridized carbons (Fsp3) is 0.121. The number of carbonyl (C=O) groups is 3. The lowest BCUT2D eigenvalue weighted by Crippen LogP contribution is -2.32. The van der Waals surface area contributed by atoms with Gasteiger partial charge < -0.3 is 10.1 Å². The molecule has 200 valence electrons. The van der Waals surface area contributed by atoms with E-state index >= 15 is 0 Å². The minimum atomic E-state index is -0.601. The van der Waals surface area contributed by atoms with Crippen LogP contribution in [0.25, 0.3) is 0 Å². The zero-order valence-corrected chi connectivity index (χ0v) is 23.0. The van der Waals surface area contributed by atoms with Crippen LogP contribution < -0.4 is 15.0 Å². The summed E-state index contributed by atoms with van der Waals surface area (Å²) in [5.41, 5.74) is 4.32. The number of hydrogen-bond donors (Lipinski definition) is 1. The molecule has 5 rings (SSSR count). The Kier molecular flexibility index (Phi) is 7.28. The van der Waals surface area contributed by atoms with E-state index in [-0.39, 0.29) is 16.1 Å². The number of hydrogen-bond acceptors (Lipinski definition) is 5. The normalized spacial score (nSPS) is 13.6. The van der Waals surface area contributed by atoms with Gasteiger partial charge >= 0.3 is 5.97 Å².